The summed E-state index contributed by atoms with van der Waals surface area (Å²) in [4.78, 5) is 186. The lowest BCUT2D eigenvalue weighted by molar-refractivity contribution is -0.149. The highest BCUT2D eigenvalue weighted by Crippen LogP contribution is 2.45. The number of likely N-dealkylation sites (tertiary alicyclic amines) is 3. The molecule has 592 valence electrons. The van der Waals surface area contributed by atoms with Crippen molar-refractivity contribution in [3.05, 3.63) is 65.7 Å². The normalized spacial score (nSPS) is 21.9. The Morgan fingerprint density at radius 2 is 1.27 bits per heavy atom. The van der Waals surface area contributed by atoms with Crippen LogP contribution in [-0.2, 0) is 78.3 Å². The predicted molar refractivity (Wildman–Crippen MR) is 410 cm³/mol. The van der Waals surface area contributed by atoms with Crippen LogP contribution in [0, 0.1) is 41.4 Å². The zero-order valence-corrected chi connectivity index (χ0v) is 67.2. The summed E-state index contributed by atoms with van der Waals surface area (Å²) in [6, 6.07) is 10.9. The monoisotopic (exact) mass is 1570 g/mol. The molecule has 28 nitrogen and oxygen atoms in total. The Balaban J connectivity index is 0.935. The van der Waals surface area contributed by atoms with Crippen molar-refractivity contribution < 1.29 is 86.4 Å². The van der Waals surface area contributed by atoms with Crippen molar-refractivity contribution in [2.24, 2.45) is 47.2 Å². The van der Waals surface area contributed by atoms with E-state index in [9.17, 15) is 67.4 Å². The van der Waals surface area contributed by atoms with Gasteiger partial charge < -0.3 is 65.8 Å². The summed E-state index contributed by atoms with van der Waals surface area (Å²) in [5.74, 6) is -8.59. The number of imide groups is 2. The minimum Gasteiger partial charge on any atom is -0.445 e. The molecule has 5 aliphatic rings. The average molecular weight is 1570 g/mol. The maximum Gasteiger partial charge on any atom is 0.410 e. The van der Waals surface area contributed by atoms with E-state index < -0.39 is 165 Å². The number of carbonyl (C=O) groups excluding carboxylic acids is 13. The molecular weight excluding hydrogens is 1460 g/mol. The highest BCUT2D eigenvalue weighted by atomic mass is 32.2. The number of nitrogens with one attached hydrogen (secondary N) is 4. The Morgan fingerprint density at radius 3 is 1.79 bits per heavy atom. The highest BCUT2D eigenvalue weighted by Gasteiger charge is 2.55. The average Bonchev–Trinajstić information content (AvgIpc) is 1.64. The van der Waals surface area contributed by atoms with E-state index in [4.69, 9.17) is 24.7 Å². The number of benzene rings is 2. The van der Waals surface area contributed by atoms with Crippen molar-refractivity contribution in [1.29, 1.82) is 0 Å². The first-order valence-corrected chi connectivity index (χ1v) is 41.1. The molecule has 5 heterocycles. The van der Waals surface area contributed by atoms with Gasteiger partial charge in [0, 0.05) is 81.9 Å². The Bertz CT molecular complexity index is 3370. The summed E-state index contributed by atoms with van der Waals surface area (Å²) in [6.07, 6.45) is -2.72. The standard InChI is InChI=1S/C75H110N10O18S4/c1-15-43(8)60(55(100-13)33-57(89)83-30-20-24-52(83)62(101-14)44(9)67(91)78-45(10)61(90)47-21-17-16-18-22-47)81(11)69(93)51(40(2)3)32-54(87)59(42(6)7)82(12)75(99)103-36-46-25-27-49(28-26-46)79-68(92)48(23-19-29-77-74(76)98)31-53(86)58(41(4)5)80-56(88)37-102-50(34-84-70(94)63-64(71(84)95)105-38-104-63)35-85-72(96)65-66(73(85)97)107-39-106-65/h16-18,21-22,25-28,40-45,48,50-52,55,58-66,90H,15,19-20,23-24,29-39H2,1-14H3,(H,78,91)(H,79,92)(H,80,88)(H3,76,77,98)/t43-,44+,45+,48+,50?,51-,52-,55+,58-,59-,60-,61+,62+,63?,64?,65?,66?/m0/s1. The van der Waals surface area contributed by atoms with Gasteiger partial charge in [-0.2, -0.15) is 0 Å². The quantitative estimate of drug-likeness (QED) is 0.0316. The molecule has 12 amide bonds. The van der Waals surface area contributed by atoms with Gasteiger partial charge in [0.25, 0.3) is 0 Å². The number of thioether (sulfide) groups is 4. The number of primary amides is 1. The summed E-state index contributed by atoms with van der Waals surface area (Å²) in [5.41, 5.74) is 6.82. The van der Waals surface area contributed by atoms with Crippen LogP contribution < -0.4 is 27.0 Å². The fourth-order valence-corrected chi connectivity index (χ4v) is 20.9. The van der Waals surface area contributed by atoms with Gasteiger partial charge in [-0.05, 0) is 79.5 Å². The van der Waals surface area contributed by atoms with E-state index in [1.807, 2.05) is 45.9 Å². The van der Waals surface area contributed by atoms with E-state index in [0.717, 1.165) is 9.80 Å². The topological polar surface area (TPSA) is 369 Å². The first kappa shape index (κ1) is 87.4. The predicted octanol–water partition coefficient (Wildman–Crippen LogP) is 6.25. The van der Waals surface area contributed by atoms with Gasteiger partial charge in [0.15, 0.2) is 11.6 Å². The maximum absolute atomic E-state index is 14.9. The molecule has 32 heteroatoms. The first-order valence-electron chi connectivity index (χ1n) is 36.9. The second kappa shape index (κ2) is 40.8. The number of ketones is 2. The number of amides is 12. The van der Waals surface area contributed by atoms with Crippen LogP contribution in [0.1, 0.15) is 138 Å². The smallest absolute Gasteiger partial charge is 0.410 e. The first-order chi connectivity index (χ1) is 50.7. The number of hydrogen-bond acceptors (Lipinski definition) is 22. The number of anilines is 1. The Hall–Kier alpha value is -6.81. The maximum atomic E-state index is 14.9. The number of hydrogen-bond donors (Lipinski definition) is 6. The fourth-order valence-electron chi connectivity index (χ4n) is 14.8. The van der Waals surface area contributed by atoms with Gasteiger partial charge in [0.05, 0.1) is 80.1 Å². The lowest BCUT2D eigenvalue weighted by Gasteiger charge is -2.41. The lowest BCUT2D eigenvalue weighted by Crippen LogP contribution is -2.55. The van der Waals surface area contributed by atoms with Gasteiger partial charge in [0.2, 0.25) is 53.2 Å². The summed E-state index contributed by atoms with van der Waals surface area (Å²) in [7, 11) is 6.15. The van der Waals surface area contributed by atoms with Crippen LogP contribution in [0.25, 0.3) is 0 Å². The van der Waals surface area contributed by atoms with Crippen LogP contribution in [0.3, 0.4) is 0 Å². The lowest BCUT2D eigenvalue weighted by atomic mass is 9.83. The number of nitrogens with zero attached hydrogens (tertiary/aromatic N) is 5. The molecule has 2 aromatic carbocycles. The number of fused-ring (bicyclic) bond motifs is 2. The van der Waals surface area contributed by atoms with Crippen molar-refractivity contribution in [2.75, 3.05) is 76.6 Å². The van der Waals surface area contributed by atoms with Crippen LogP contribution in [0.5, 0.6) is 0 Å². The molecule has 7 N–H and O–H groups in total. The number of likely N-dealkylation sites (N-methyl/N-ethyl adjacent to an activating group) is 2. The molecule has 107 heavy (non-hydrogen) atoms. The highest BCUT2D eigenvalue weighted by molar-refractivity contribution is 8.21. The molecule has 0 radical (unpaired) electrons. The molecule has 0 aromatic heterocycles. The van der Waals surface area contributed by atoms with E-state index in [0.29, 0.717) is 52.8 Å². The Kier molecular flexibility index (Phi) is 33.3. The van der Waals surface area contributed by atoms with Gasteiger partial charge in [0.1, 0.15) is 34.2 Å². The van der Waals surface area contributed by atoms with Crippen LogP contribution >= 0.6 is 47.0 Å². The number of ether oxygens (including phenoxy) is 4. The van der Waals surface area contributed by atoms with Crippen LogP contribution in [0.2, 0.25) is 0 Å². The molecular formula is C75H110N10O18S4. The van der Waals surface area contributed by atoms with Crippen LogP contribution in [-0.4, -0.2) is 247 Å². The third-order valence-corrected chi connectivity index (χ3v) is 26.9. The van der Waals surface area contributed by atoms with Crippen molar-refractivity contribution in [3.8, 4) is 0 Å². The number of Topliss-reactive ketones (excluding diaryl/α,β-unsaturated/α-hetero) is 2. The van der Waals surface area contributed by atoms with Crippen molar-refractivity contribution >= 4 is 130 Å². The number of carbonyl (C=O) groups is 13. The van der Waals surface area contributed by atoms with E-state index in [1.165, 1.54) is 73.2 Å². The number of urea groups is 1. The number of aliphatic hydroxyl groups is 1. The minimum absolute atomic E-state index is 0.0843. The molecule has 0 aliphatic carbocycles. The van der Waals surface area contributed by atoms with E-state index in [1.54, 1.807) is 94.8 Å². The molecule has 0 saturated carbocycles. The van der Waals surface area contributed by atoms with Gasteiger partial charge in [-0.3, -0.25) is 62.5 Å². The largest absolute Gasteiger partial charge is 0.445 e. The third kappa shape index (κ3) is 22.5. The molecule has 0 spiro atoms. The summed E-state index contributed by atoms with van der Waals surface area (Å²) in [5, 5.41) is 20.8. The Labute approximate surface area is 645 Å². The molecule has 4 unspecified atom stereocenters. The van der Waals surface area contributed by atoms with E-state index >= 15 is 0 Å². The SMILES string of the molecule is CC[C@H](C)[C@@H]([C@@H](CC(=O)N1CCC[C@H]1[C@H](OC)[C@@H](C)C(=O)N[C@H](C)[C@@H](O)c1ccccc1)OC)N(C)C(=O)[C@@H](CC(=O)[C@H](C(C)C)N(C)C(=O)OCc1ccc(NC(=O)[C@H](CCCNC(N)=O)CC(=O)[C@@H](NC(=O)COC(CN2C(=O)C3SCSC3C2=O)CN2C(=O)C3SCSC3C2=O)C(C)C)cc1)C(C)C. The number of nitrogens with two attached hydrogens (primary N) is 1. The number of methoxy groups -OCH3 is 2. The van der Waals surface area contributed by atoms with E-state index in [-0.39, 0.29) is 93.7 Å². The van der Waals surface area contributed by atoms with Gasteiger partial charge in [-0.25, -0.2) is 9.59 Å². The van der Waals surface area contributed by atoms with E-state index in [2.05, 4.69) is 21.3 Å². The number of aliphatic hydroxyl groups excluding tert-OH is 1. The van der Waals surface area contributed by atoms with Gasteiger partial charge in [-0.15, -0.1) is 47.0 Å². The minimum atomic E-state index is -1.14. The molecule has 5 fully saturated rings. The third-order valence-electron chi connectivity index (χ3n) is 21.0. The zero-order valence-electron chi connectivity index (χ0n) is 63.9. The second-order valence-corrected chi connectivity index (χ2v) is 34.7. The van der Waals surface area contributed by atoms with Crippen molar-refractivity contribution in [2.45, 2.75) is 203 Å². The molecule has 2 aromatic rings. The second-order valence-electron chi connectivity index (χ2n) is 29.5. The fraction of sp³-hybridized carbons (Fsp3) is 0.667. The zero-order chi connectivity index (χ0) is 78.8. The van der Waals surface area contributed by atoms with Gasteiger partial charge >= 0.3 is 12.1 Å². The van der Waals surface area contributed by atoms with Crippen LogP contribution in [0.15, 0.2) is 54.6 Å². The summed E-state index contributed by atoms with van der Waals surface area (Å²) >= 11 is 5.42. The molecule has 5 saturated heterocycles. The molecule has 7 rings (SSSR count). The molecule has 16 atom stereocenters. The summed E-state index contributed by atoms with van der Waals surface area (Å²) < 4.78 is 23.9. The van der Waals surface area contributed by atoms with Crippen molar-refractivity contribution in [1.82, 2.24) is 40.4 Å². The molecule has 0 bridgehead atoms. The summed E-state index contributed by atoms with van der Waals surface area (Å²) in [6.45, 7) is 17.1. The van der Waals surface area contributed by atoms with Crippen molar-refractivity contribution in [3.63, 3.8) is 0 Å². The number of rotatable bonds is 41. The van der Waals surface area contributed by atoms with Gasteiger partial charge in [-0.1, -0.05) is 111 Å². The Morgan fingerprint density at radius 1 is 0.692 bits per heavy atom. The molecule has 5 aliphatic heterocycles. The van der Waals surface area contributed by atoms with Crippen LogP contribution in [0.4, 0.5) is 15.3 Å².